The second-order valence-corrected chi connectivity index (χ2v) is 7.42. The molecule has 6 heteroatoms. The van der Waals surface area contributed by atoms with Gasteiger partial charge in [0.25, 0.3) is 0 Å². The quantitative estimate of drug-likeness (QED) is 0.680. The van der Waals surface area contributed by atoms with Crippen molar-refractivity contribution < 1.29 is 4.42 Å². The molecule has 0 unspecified atom stereocenters. The summed E-state index contributed by atoms with van der Waals surface area (Å²) >= 11 is 0. The number of rotatable bonds is 5. The lowest BCUT2D eigenvalue weighted by atomic mass is 10.1. The van der Waals surface area contributed by atoms with E-state index in [4.69, 9.17) is 9.68 Å². The predicted molar refractivity (Wildman–Crippen MR) is 108 cm³/mol. The van der Waals surface area contributed by atoms with E-state index >= 15 is 0 Å². The molecule has 0 amide bonds. The summed E-state index contributed by atoms with van der Waals surface area (Å²) < 4.78 is 5.98. The number of aromatic nitrogens is 2. The Balaban J connectivity index is 1.40. The normalized spacial score (nSPS) is 16.8. The molecule has 1 aliphatic rings. The second kappa shape index (κ2) is 7.83. The molecule has 0 N–H and O–H groups in total. The third-order valence-electron chi connectivity index (χ3n) is 5.18. The van der Waals surface area contributed by atoms with Crippen LogP contribution in [-0.2, 0) is 6.54 Å². The lowest BCUT2D eigenvalue weighted by Gasteiger charge is -2.15. The SMILES string of the molecule is CN(C)c1ccc(-c2nnc([C@H]3CCN(Cc4ccc(C#N)cc4)C3)o2)cc1. The van der Waals surface area contributed by atoms with E-state index in [0.29, 0.717) is 17.3 Å². The van der Waals surface area contributed by atoms with E-state index < -0.39 is 0 Å². The number of nitrogens with zero attached hydrogens (tertiary/aromatic N) is 5. The first-order chi connectivity index (χ1) is 13.6. The van der Waals surface area contributed by atoms with Crippen molar-refractivity contribution in [3.63, 3.8) is 0 Å². The molecule has 1 atom stereocenters. The molecule has 1 aromatic heterocycles. The van der Waals surface area contributed by atoms with E-state index in [1.165, 1.54) is 5.56 Å². The van der Waals surface area contributed by atoms with Gasteiger partial charge in [-0.3, -0.25) is 4.90 Å². The van der Waals surface area contributed by atoms with Crippen LogP contribution in [0.4, 0.5) is 5.69 Å². The molecule has 142 valence electrons. The van der Waals surface area contributed by atoms with Crippen LogP contribution >= 0.6 is 0 Å². The summed E-state index contributed by atoms with van der Waals surface area (Å²) in [7, 11) is 4.03. The number of benzene rings is 2. The van der Waals surface area contributed by atoms with Crippen molar-refractivity contribution >= 4 is 5.69 Å². The van der Waals surface area contributed by atoms with Gasteiger partial charge >= 0.3 is 0 Å². The van der Waals surface area contributed by atoms with Gasteiger partial charge in [0.15, 0.2) is 0 Å². The molecule has 1 aliphatic heterocycles. The Morgan fingerprint density at radius 3 is 2.54 bits per heavy atom. The highest BCUT2D eigenvalue weighted by atomic mass is 16.4. The van der Waals surface area contributed by atoms with Crippen molar-refractivity contribution in [1.82, 2.24) is 15.1 Å². The number of hydrogen-bond acceptors (Lipinski definition) is 6. The first kappa shape index (κ1) is 18.2. The van der Waals surface area contributed by atoms with E-state index in [0.717, 1.165) is 37.3 Å². The topological polar surface area (TPSA) is 69.2 Å². The van der Waals surface area contributed by atoms with E-state index in [1.807, 2.05) is 62.6 Å². The van der Waals surface area contributed by atoms with Crippen LogP contribution in [0.25, 0.3) is 11.5 Å². The molecule has 1 fully saturated rings. The molecular weight excluding hydrogens is 350 g/mol. The lowest BCUT2D eigenvalue weighted by Crippen LogP contribution is -2.19. The van der Waals surface area contributed by atoms with Crippen LogP contribution in [-0.4, -0.2) is 42.3 Å². The summed E-state index contributed by atoms with van der Waals surface area (Å²) in [6, 6.07) is 18.1. The minimum Gasteiger partial charge on any atom is -0.420 e. The average molecular weight is 373 g/mol. The number of anilines is 1. The summed E-state index contributed by atoms with van der Waals surface area (Å²) in [5, 5.41) is 17.5. The van der Waals surface area contributed by atoms with Gasteiger partial charge in [0.05, 0.1) is 17.6 Å². The van der Waals surface area contributed by atoms with Gasteiger partial charge in [-0.15, -0.1) is 10.2 Å². The van der Waals surface area contributed by atoms with Crippen molar-refractivity contribution in [1.29, 1.82) is 5.26 Å². The second-order valence-electron chi connectivity index (χ2n) is 7.42. The zero-order valence-corrected chi connectivity index (χ0v) is 16.2. The molecule has 6 nitrogen and oxygen atoms in total. The van der Waals surface area contributed by atoms with Crippen LogP contribution in [0.1, 0.15) is 29.4 Å². The smallest absolute Gasteiger partial charge is 0.247 e. The van der Waals surface area contributed by atoms with Crippen molar-refractivity contribution in [3.05, 3.63) is 65.5 Å². The molecule has 2 aromatic carbocycles. The van der Waals surface area contributed by atoms with Crippen molar-refractivity contribution in [2.45, 2.75) is 18.9 Å². The number of nitriles is 1. The minimum absolute atomic E-state index is 0.265. The molecule has 0 saturated carbocycles. The van der Waals surface area contributed by atoms with E-state index in [1.54, 1.807) is 0 Å². The molecule has 0 bridgehead atoms. The summed E-state index contributed by atoms with van der Waals surface area (Å²) in [4.78, 5) is 4.45. The minimum atomic E-state index is 0.265. The van der Waals surface area contributed by atoms with Crippen LogP contribution in [0.15, 0.2) is 52.9 Å². The summed E-state index contributed by atoms with van der Waals surface area (Å²) in [6.45, 7) is 2.77. The van der Waals surface area contributed by atoms with Crippen LogP contribution < -0.4 is 4.90 Å². The van der Waals surface area contributed by atoms with Crippen LogP contribution in [0.5, 0.6) is 0 Å². The lowest BCUT2D eigenvalue weighted by molar-refractivity contribution is 0.320. The Bertz CT molecular complexity index is 969. The third-order valence-corrected chi connectivity index (χ3v) is 5.18. The summed E-state index contributed by atoms with van der Waals surface area (Å²) in [5.74, 6) is 1.56. The maximum absolute atomic E-state index is 8.91. The van der Waals surface area contributed by atoms with E-state index in [9.17, 15) is 0 Å². The average Bonchev–Trinajstić information content (AvgIpc) is 3.38. The van der Waals surface area contributed by atoms with Crippen LogP contribution in [0.2, 0.25) is 0 Å². The highest BCUT2D eigenvalue weighted by Crippen LogP contribution is 2.30. The number of hydrogen-bond donors (Lipinski definition) is 0. The van der Waals surface area contributed by atoms with Gasteiger partial charge in [-0.05, 0) is 54.9 Å². The summed E-state index contributed by atoms with van der Waals surface area (Å²) in [5.41, 5.74) is 3.99. The highest BCUT2D eigenvalue weighted by molar-refractivity contribution is 5.58. The fourth-order valence-corrected chi connectivity index (χ4v) is 3.54. The number of likely N-dealkylation sites (tertiary alicyclic amines) is 1. The first-order valence-electron chi connectivity index (χ1n) is 9.45. The van der Waals surface area contributed by atoms with Gasteiger partial charge < -0.3 is 9.32 Å². The fraction of sp³-hybridized carbons (Fsp3) is 0.318. The van der Waals surface area contributed by atoms with Gasteiger partial charge in [0.2, 0.25) is 11.8 Å². The molecular formula is C22H23N5O. The Morgan fingerprint density at radius 1 is 1.11 bits per heavy atom. The molecule has 0 aliphatic carbocycles. The molecule has 4 rings (SSSR count). The maximum Gasteiger partial charge on any atom is 0.247 e. The molecule has 2 heterocycles. The largest absolute Gasteiger partial charge is 0.420 e. The highest BCUT2D eigenvalue weighted by Gasteiger charge is 2.28. The monoisotopic (exact) mass is 373 g/mol. The Morgan fingerprint density at radius 2 is 1.86 bits per heavy atom. The van der Waals surface area contributed by atoms with Crippen molar-refractivity contribution in [2.75, 3.05) is 32.1 Å². The van der Waals surface area contributed by atoms with Gasteiger partial charge in [0.1, 0.15) is 0 Å². The Kier molecular flexibility index (Phi) is 5.09. The van der Waals surface area contributed by atoms with E-state index in [2.05, 4.69) is 26.1 Å². The van der Waals surface area contributed by atoms with Gasteiger partial charge in [0, 0.05) is 38.4 Å². The van der Waals surface area contributed by atoms with Gasteiger partial charge in [-0.25, -0.2) is 0 Å². The van der Waals surface area contributed by atoms with Crippen molar-refractivity contribution in [3.8, 4) is 17.5 Å². The zero-order chi connectivity index (χ0) is 19.5. The van der Waals surface area contributed by atoms with Crippen LogP contribution in [0.3, 0.4) is 0 Å². The molecule has 0 spiro atoms. The molecule has 0 radical (unpaired) electrons. The standard InChI is InChI=1S/C22H23N5O/c1-26(2)20-9-7-18(8-10-20)21-24-25-22(28-21)19-11-12-27(15-19)14-17-5-3-16(13-23)4-6-17/h3-10,19H,11-12,14-15H2,1-2H3/t19-/m0/s1. The predicted octanol–water partition coefficient (Wildman–Crippen LogP) is 3.66. The van der Waals surface area contributed by atoms with Crippen LogP contribution in [0, 0.1) is 11.3 Å². The molecule has 1 saturated heterocycles. The molecule has 3 aromatic rings. The summed E-state index contributed by atoms with van der Waals surface area (Å²) in [6.07, 6.45) is 1.01. The van der Waals surface area contributed by atoms with Gasteiger partial charge in [-0.2, -0.15) is 5.26 Å². The maximum atomic E-state index is 8.91. The molecule has 28 heavy (non-hydrogen) atoms. The Labute approximate surface area is 165 Å². The fourth-order valence-electron chi connectivity index (χ4n) is 3.54. The van der Waals surface area contributed by atoms with Crippen molar-refractivity contribution in [2.24, 2.45) is 0 Å². The Hall–Kier alpha value is -3.17. The van der Waals surface area contributed by atoms with Gasteiger partial charge in [-0.1, -0.05) is 12.1 Å². The third kappa shape index (κ3) is 3.90. The van der Waals surface area contributed by atoms with E-state index in [-0.39, 0.29) is 5.92 Å². The first-order valence-corrected chi connectivity index (χ1v) is 9.45. The zero-order valence-electron chi connectivity index (χ0n) is 16.2.